The summed E-state index contributed by atoms with van der Waals surface area (Å²) in [5, 5.41) is 2.87. The number of benzene rings is 1. The zero-order valence-electron chi connectivity index (χ0n) is 10.7. The van der Waals surface area contributed by atoms with E-state index in [1.54, 1.807) is 9.80 Å². The van der Waals surface area contributed by atoms with E-state index in [1.807, 2.05) is 25.1 Å². The van der Waals surface area contributed by atoms with E-state index >= 15 is 0 Å². The van der Waals surface area contributed by atoms with Crippen LogP contribution in [0.15, 0.2) is 22.7 Å². The molecule has 1 aliphatic heterocycles. The van der Waals surface area contributed by atoms with Crippen molar-refractivity contribution in [3.63, 3.8) is 0 Å². The largest absolute Gasteiger partial charge is 0.342 e. The highest BCUT2D eigenvalue weighted by Crippen LogP contribution is 2.23. The van der Waals surface area contributed by atoms with E-state index in [9.17, 15) is 9.59 Å². The second-order valence-corrected chi connectivity index (χ2v) is 5.40. The first kappa shape index (κ1) is 13.9. The monoisotopic (exact) mass is 325 g/mol. The SMILES string of the molecule is Cc1ccc(NC(=O)N2CCN(C=O)CC2)c(Br)c1. The Morgan fingerprint density at radius 2 is 2.00 bits per heavy atom. The first-order valence-corrected chi connectivity index (χ1v) is 6.91. The standard InChI is InChI=1S/C13H16BrN3O2/c1-10-2-3-12(11(14)8-10)15-13(19)17-6-4-16(9-18)5-7-17/h2-3,8-9H,4-7H2,1H3,(H,15,19). The Labute approximate surface area is 120 Å². The predicted octanol–water partition coefficient (Wildman–Crippen LogP) is 2.06. The molecule has 0 radical (unpaired) electrons. The number of nitrogens with one attached hydrogen (secondary N) is 1. The molecule has 3 amide bonds. The van der Waals surface area contributed by atoms with Gasteiger partial charge in [-0.3, -0.25) is 4.79 Å². The van der Waals surface area contributed by atoms with Gasteiger partial charge in [-0.25, -0.2) is 4.79 Å². The minimum atomic E-state index is -0.130. The molecule has 19 heavy (non-hydrogen) atoms. The number of urea groups is 1. The molecular weight excluding hydrogens is 310 g/mol. The van der Waals surface area contributed by atoms with E-state index in [1.165, 1.54) is 0 Å². The lowest BCUT2D eigenvalue weighted by atomic mass is 10.2. The third-order valence-electron chi connectivity index (χ3n) is 3.12. The molecule has 1 aromatic carbocycles. The average molecular weight is 326 g/mol. The van der Waals surface area contributed by atoms with Crippen LogP contribution in [0.5, 0.6) is 0 Å². The van der Waals surface area contributed by atoms with Gasteiger partial charge >= 0.3 is 6.03 Å². The molecule has 102 valence electrons. The number of halogens is 1. The second-order valence-electron chi connectivity index (χ2n) is 4.54. The lowest BCUT2D eigenvalue weighted by molar-refractivity contribution is -0.119. The number of anilines is 1. The van der Waals surface area contributed by atoms with E-state index < -0.39 is 0 Å². The molecule has 0 saturated carbocycles. The molecule has 1 aromatic rings. The van der Waals surface area contributed by atoms with Gasteiger partial charge in [0.15, 0.2) is 0 Å². The minimum absolute atomic E-state index is 0.130. The van der Waals surface area contributed by atoms with E-state index in [0.29, 0.717) is 26.2 Å². The number of carbonyl (C=O) groups is 2. The number of carbonyl (C=O) groups excluding carboxylic acids is 2. The summed E-state index contributed by atoms with van der Waals surface area (Å²) >= 11 is 3.43. The van der Waals surface area contributed by atoms with Gasteiger partial charge in [0.1, 0.15) is 0 Å². The molecule has 0 unspecified atom stereocenters. The van der Waals surface area contributed by atoms with E-state index in [2.05, 4.69) is 21.2 Å². The second kappa shape index (κ2) is 6.06. The summed E-state index contributed by atoms with van der Waals surface area (Å²) in [5.41, 5.74) is 1.89. The Morgan fingerprint density at radius 3 is 2.58 bits per heavy atom. The summed E-state index contributed by atoms with van der Waals surface area (Å²) < 4.78 is 0.868. The molecule has 5 nitrogen and oxygen atoms in total. The number of hydrogen-bond acceptors (Lipinski definition) is 2. The first-order chi connectivity index (χ1) is 9.10. The smallest absolute Gasteiger partial charge is 0.321 e. The Morgan fingerprint density at radius 1 is 1.32 bits per heavy atom. The quantitative estimate of drug-likeness (QED) is 0.846. The molecule has 1 fully saturated rings. The molecule has 1 heterocycles. The molecule has 0 atom stereocenters. The van der Waals surface area contributed by atoms with Crippen LogP contribution in [0.3, 0.4) is 0 Å². The van der Waals surface area contributed by atoms with Gasteiger partial charge in [-0.2, -0.15) is 0 Å². The van der Waals surface area contributed by atoms with Crippen LogP contribution in [0.1, 0.15) is 5.56 Å². The van der Waals surface area contributed by atoms with Crippen LogP contribution >= 0.6 is 15.9 Å². The summed E-state index contributed by atoms with van der Waals surface area (Å²) in [7, 11) is 0. The van der Waals surface area contributed by atoms with E-state index in [0.717, 1.165) is 22.1 Å². The number of nitrogens with zero attached hydrogens (tertiary/aromatic N) is 2. The maximum absolute atomic E-state index is 12.1. The van der Waals surface area contributed by atoms with Gasteiger partial charge < -0.3 is 15.1 Å². The van der Waals surface area contributed by atoms with Crippen molar-refractivity contribution in [1.29, 1.82) is 0 Å². The van der Waals surface area contributed by atoms with Crippen molar-refractivity contribution in [3.8, 4) is 0 Å². The van der Waals surface area contributed by atoms with Gasteiger partial charge in [-0.15, -0.1) is 0 Å². The van der Waals surface area contributed by atoms with Crippen molar-refractivity contribution in [1.82, 2.24) is 9.80 Å². The summed E-state index contributed by atoms with van der Waals surface area (Å²) in [6.45, 7) is 4.30. The van der Waals surface area contributed by atoms with Gasteiger partial charge in [0.25, 0.3) is 0 Å². The lowest BCUT2D eigenvalue weighted by Gasteiger charge is -2.32. The van der Waals surface area contributed by atoms with Crippen LogP contribution in [-0.2, 0) is 4.79 Å². The molecule has 1 saturated heterocycles. The number of rotatable bonds is 2. The molecule has 2 rings (SSSR count). The molecule has 0 bridgehead atoms. The third-order valence-corrected chi connectivity index (χ3v) is 3.77. The maximum atomic E-state index is 12.1. The molecular formula is C13H16BrN3O2. The lowest BCUT2D eigenvalue weighted by Crippen LogP contribution is -2.49. The Balaban J connectivity index is 1.96. The Bertz CT molecular complexity index is 485. The molecule has 6 heteroatoms. The Kier molecular flexibility index (Phi) is 4.42. The normalized spacial score (nSPS) is 15.3. The zero-order valence-corrected chi connectivity index (χ0v) is 12.3. The number of hydrogen-bond donors (Lipinski definition) is 1. The fourth-order valence-corrected chi connectivity index (χ4v) is 2.54. The van der Waals surface area contributed by atoms with Gasteiger partial charge in [-0.05, 0) is 40.5 Å². The highest BCUT2D eigenvalue weighted by molar-refractivity contribution is 9.10. The summed E-state index contributed by atoms with van der Waals surface area (Å²) in [6.07, 6.45) is 0.825. The van der Waals surface area contributed by atoms with Crippen LogP contribution in [0, 0.1) is 6.92 Å². The molecule has 0 aliphatic carbocycles. The van der Waals surface area contributed by atoms with E-state index in [-0.39, 0.29) is 6.03 Å². The molecule has 0 aromatic heterocycles. The summed E-state index contributed by atoms with van der Waals surface area (Å²) in [6, 6.07) is 5.65. The van der Waals surface area contributed by atoms with Crippen molar-refractivity contribution in [2.24, 2.45) is 0 Å². The first-order valence-electron chi connectivity index (χ1n) is 6.11. The number of aryl methyl sites for hydroxylation is 1. The van der Waals surface area contributed by atoms with E-state index in [4.69, 9.17) is 0 Å². The van der Waals surface area contributed by atoms with Crippen molar-refractivity contribution < 1.29 is 9.59 Å². The fourth-order valence-electron chi connectivity index (χ4n) is 1.95. The van der Waals surface area contributed by atoms with Crippen molar-refractivity contribution in [2.45, 2.75) is 6.92 Å². The van der Waals surface area contributed by atoms with Crippen LogP contribution in [0.2, 0.25) is 0 Å². The zero-order chi connectivity index (χ0) is 13.8. The topological polar surface area (TPSA) is 52.7 Å². The molecule has 1 aliphatic rings. The van der Waals surface area contributed by atoms with Gasteiger partial charge in [0.2, 0.25) is 6.41 Å². The fraction of sp³-hybridized carbons (Fsp3) is 0.385. The van der Waals surface area contributed by atoms with Crippen molar-refractivity contribution in [2.75, 3.05) is 31.5 Å². The van der Waals surface area contributed by atoms with Crippen LogP contribution < -0.4 is 5.32 Å². The summed E-state index contributed by atoms with van der Waals surface area (Å²) in [5.74, 6) is 0. The van der Waals surface area contributed by atoms with Crippen LogP contribution in [0.25, 0.3) is 0 Å². The molecule has 0 spiro atoms. The molecule has 1 N–H and O–H groups in total. The third kappa shape index (κ3) is 3.47. The van der Waals surface area contributed by atoms with Crippen LogP contribution in [-0.4, -0.2) is 48.4 Å². The highest BCUT2D eigenvalue weighted by atomic mass is 79.9. The number of amides is 3. The predicted molar refractivity (Wildman–Crippen MR) is 77.1 cm³/mol. The minimum Gasteiger partial charge on any atom is -0.342 e. The Hall–Kier alpha value is -1.56. The average Bonchev–Trinajstić information content (AvgIpc) is 2.42. The summed E-state index contributed by atoms with van der Waals surface area (Å²) in [4.78, 5) is 26.1. The van der Waals surface area contributed by atoms with Gasteiger partial charge in [-0.1, -0.05) is 6.07 Å². The highest BCUT2D eigenvalue weighted by Gasteiger charge is 2.20. The van der Waals surface area contributed by atoms with Gasteiger partial charge in [0.05, 0.1) is 5.69 Å². The van der Waals surface area contributed by atoms with Crippen LogP contribution in [0.4, 0.5) is 10.5 Å². The maximum Gasteiger partial charge on any atom is 0.321 e. The number of piperazine rings is 1. The van der Waals surface area contributed by atoms with Crippen molar-refractivity contribution >= 4 is 34.1 Å². The van der Waals surface area contributed by atoms with Crippen molar-refractivity contribution in [3.05, 3.63) is 28.2 Å². The van der Waals surface area contributed by atoms with Gasteiger partial charge in [0, 0.05) is 30.7 Å².